The lowest BCUT2D eigenvalue weighted by atomic mass is 10.2. The average molecular weight is 436 g/mol. The molecule has 0 atom stereocenters. The number of carbonyl (C=O) groups is 1. The van der Waals surface area contributed by atoms with Gasteiger partial charge in [0.25, 0.3) is 0 Å². The van der Waals surface area contributed by atoms with Crippen LogP contribution >= 0.6 is 27.7 Å². The molecule has 1 fully saturated rings. The van der Waals surface area contributed by atoms with Gasteiger partial charge >= 0.3 is 0 Å². The van der Waals surface area contributed by atoms with Crippen LogP contribution in [0.5, 0.6) is 0 Å². The number of likely N-dealkylation sites (N-methyl/N-ethyl adjacent to an activating group) is 1. The van der Waals surface area contributed by atoms with Crippen molar-refractivity contribution in [3.63, 3.8) is 0 Å². The predicted molar refractivity (Wildman–Crippen MR) is 108 cm³/mol. The van der Waals surface area contributed by atoms with Crippen LogP contribution < -0.4 is 0 Å². The van der Waals surface area contributed by atoms with Crippen molar-refractivity contribution >= 4 is 33.6 Å². The number of benzene rings is 1. The fourth-order valence-corrected chi connectivity index (χ4v) is 3.89. The van der Waals surface area contributed by atoms with Crippen LogP contribution in [-0.2, 0) is 11.3 Å². The van der Waals surface area contributed by atoms with Crippen molar-refractivity contribution in [1.29, 1.82) is 0 Å². The quantitative estimate of drug-likeness (QED) is 0.515. The number of amides is 1. The van der Waals surface area contributed by atoms with Gasteiger partial charge in [0, 0.05) is 42.8 Å². The molecular weight excluding hydrogens is 414 g/mol. The summed E-state index contributed by atoms with van der Waals surface area (Å²) in [6.07, 6.45) is 1.82. The molecule has 2 heterocycles. The van der Waals surface area contributed by atoms with Crippen molar-refractivity contribution in [2.75, 3.05) is 39.0 Å². The second kappa shape index (κ2) is 8.83. The molecule has 1 aliphatic heterocycles. The Hall–Kier alpha value is -1.64. The summed E-state index contributed by atoms with van der Waals surface area (Å²) in [6, 6.07) is 7.95. The third-order valence-corrected chi connectivity index (χ3v) is 5.79. The van der Waals surface area contributed by atoms with Crippen LogP contribution in [0, 0.1) is 0 Å². The standard InChI is InChI=1S/C18H22BrN5OS/c1-3-8-24-17(14-4-6-15(19)7-5-14)20-21-18(24)26-13-16(25)23-11-9-22(2)10-12-23/h3-7H,1,8-13H2,2H3. The molecule has 3 rings (SSSR count). The van der Waals surface area contributed by atoms with E-state index in [4.69, 9.17) is 0 Å². The summed E-state index contributed by atoms with van der Waals surface area (Å²) in [4.78, 5) is 16.6. The van der Waals surface area contributed by atoms with E-state index >= 15 is 0 Å². The molecule has 6 nitrogen and oxygen atoms in total. The normalized spacial score (nSPS) is 15.2. The number of piperazine rings is 1. The SMILES string of the molecule is C=CCn1c(SCC(=O)N2CCN(C)CC2)nnc1-c1ccc(Br)cc1. The highest BCUT2D eigenvalue weighted by atomic mass is 79.9. The van der Waals surface area contributed by atoms with Gasteiger partial charge in [0.2, 0.25) is 5.91 Å². The van der Waals surface area contributed by atoms with E-state index in [1.54, 1.807) is 0 Å². The van der Waals surface area contributed by atoms with Gasteiger partial charge in [-0.2, -0.15) is 0 Å². The molecule has 1 saturated heterocycles. The summed E-state index contributed by atoms with van der Waals surface area (Å²) in [5.41, 5.74) is 0.986. The smallest absolute Gasteiger partial charge is 0.233 e. The van der Waals surface area contributed by atoms with Gasteiger partial charge in [-0.05, 0) is 19.2 Å². The van der Waals surface area contributed by atoms with E-state index in [0.29, 0.717) is 12.3 Å². The number of aromatic nitrogens is 3. The Balaban J connectivity index is 1.70. The highest BCUT2D eigenvalue weighted by Gasteiger charge is 2.21. The summed E-state index contributed by atoms with van der Waals surface area (Å²) in [6.45, 7) is 7.87. The molecule has 0 N–H and O–H groups in total. The predicted octanol–water partition coefficient (Wildman–Crippen LogP) is 2.76. The molecule has 26 heavy (non-hydrogen) atoms. The van der Waals surface area contributed by atoms with E-state index in [2.05, 4.69) is 44.7 Å². The lowest BCUT2D eigenvalue weighted by molar-refractivity contribution is -0.129. The number of thioether (sulfide) groups is 1. The van der Waals surface area contributed by atoms with Crippen molar-refractivity contribution in [2.45, 2.75) is 11.7 Å². The lowest BCUT2D eigenvalue weighted by Crippen LogP contribution is -2.47. The Kier molecular flexibility index (Phi) is 6.50. The number of hydrogen-bond donors (Lipinski definition) is 0. The Morgan fingerprint density at radius 1 is 1.23 bits per heavy atom. The maximum absolute atomic E-state index is 12.5. The number of allylic oxidation sites excluding steroid dienone is 1. The number of nitrogens with zero attached hydrogens (tertiary/aromatic N) is 5. The molecule has 0 spiro atoms. The van der Waals surface area contributed by atoms with Gasteiger partial charge < -0.3 is 9.80 Å². The Morgan fingerprint density at radius 3 is 2.58 bits per heavy atom. The molecule has 1 aromatic heterocycles. The first-order valence-electron chi connectivity index (χ1n) is 8.47. The third kappa shape index (κ3) is 4.55. The molecule has 1 aromatic carbocycles. The van der Waals surface area contributed by atoms with E-state index in [1.807, 2.05) is 39.8 Å². The summed E-state index contributed by atoms with van der Waals surface area (Å²) in [7, 11) is 2.08. The van der Waals surface area contributed by atoms with Crippen molar-refractivity contribution in [1.82, 2.24) is 24.6 Å². The zero-order chi connectivity index (χ0) is 18.5. The van der Waals surface area contributed by atoms with Crippen molar-refractivity contribution in [3.8, 4) is 11.4 Å². The zero-order valence-corrected chi connectivity index (χ0v) is 17.2. The molecule has 8 heteroatoms. The molecule has 0 saturated carbocycles. The molecule has 0 aliphatic carbocycles. The fourth-order valence-electron chi connectivity index (χ4n) is 2.78. The van der Waals surface area contributed by atoms with Crippen LogP contribution in [0.1, 0.15) is 0 Å². The average Bonchev–Trinajstić information content (AvgIpc) is 3.04. The second-order valence-corrected chi connectivity index (χ2v) is 8.04. The van der Waals surface area contributed by atoms with E-state index < -0.39 is 0 Å². The lowest BCUT2D eigenvalue weighted by Gasteiger charge is -2.32. The van der Waals surface area contributed by atoms with Crippen molar-refractivity contribution in [2.24, 2.45) is 0 Å². The number of halogens is 1. The van der Waals surface area contributed by atoms with Gasteiger partial charge in [-0.15, -0.1) is 16.8 Å². The van der Waals surface area contributed by atoms with E-state index in [9.17, 15) is 4.79 Å². The number of carbonyl (C=O) groups excluding carboxylic acids is 1. The summed E-state index contributed by atoms with van der Waals surface area (Å²) >= 11 is 4.88. The summed E-state index contributed by atoms with van der Waals surface area (Å²) in [5, 5.41) is 9.37. The first-order chi connectivity index (χ1) is 12.6. The minimum absolute atomic E-state index is 0.154. The van der Waals surface area contributed by atoms with Gasteiger partial charge in [0.05, 0.1) is 5.75 Å². The molecule has 138 valence electrons. The molecule has 0 radical (unpaired) electrons. The minimum Gasteiger partial charge on any atom is -0.339 e. The minimum atomic E-state index is 0.154. The van der Waals surface area contributed by atoms with Gasteiger partial charge in [-0.25, -0.2) is 0 Å². The van der Waals surface area contributed by atoms with Crippen LogP contribution in [-0.4, -0.2) is 69.5 Å². The van der Waals surface area contributed by atoms with E-state index in [1.165, 1.54) is 11.8 Å². The number of rotatable bonds is 6. The zero-order valence-electron chi connectivity index (χ0n) is 14.8. The maximum atomic E-state index is 12.5. The van der Waals surface area contributed by atoms with E-state index in [-0.39, 0.29) is 5.91 Å². The van der Waals surface area contributed by atoms with Crippen LogP contribution in [0.4, 0.5) is 0 Å². The molecular formula is C18H22BrN5OS. The van der Waals surface area contributed by atoms with Gasteiger partial charge in [-0.3, -0.25) is 9.36 Å². The maximum Gasteiger partial charge on any atom is 0.233 e. The van der Waals surface area contributed by atoms with Gasteiger partial charge in [-0.1, -0.05) is 45.9 Å². The summed E-state index contributed by atoms with van der Waals surface area (Å²) < 4.78 is 3.02. The topological polar surface area (TPSA) is 54.3 Å². The summed E-state index contributed by atoms with van der Waals surface area (Å²) in [5.74, 6) is 1.31. The first kappa shape index (κ1) is 19.1. The largest absolute Gasteiger partial charge is 0.339 e. The number of hydrogen-bond acceptors (Lipinski definition) is 5. The molecule has 0 bridgehead atoms. The van der Waals surface area contributed by atoms with Crippen molar-refractivity contribution in [3.05, 3.63) is 41.4 Å². The van der Waals surface area contributed by atoms with Gasteiger partial charge in [0.1, 0.15) is 0 Å². The molecule has 2 aromatic rings. The second-order valence-electron chi connectivity index (χ2n) is 6.19. The fraction of sp³-hybridized carbons (Fsp3) is 0.389. The third-order valence-electron chi connectivity index (χ3n) is 4.31. The molecule has 1 amide bonds. The Labute approximate surface area is 166 Å². The highest BCUT2D eigenvalue weighted by Crippen LogP contribution is 2.25. The first-order valence-corrected chi connectivity index (χ1v) is 10.3. The Morgan fingerprint density at radius 2 is 1.92 bits per heavy atom. The molecule has 0 unspecified atom stereocenters. The Bertz CT molecular complexity index is 768. The van der Waals surface area contributed by atoms with Crippen LogP contribution in [0.3, 0.4) is 0 Å². The monoisotopic (exact) mass is 435 g/mol. The highest BCUT2D eigenvalue weighted by molar-refractivity contribution is 9.10. The van der Waals surface area contributed by atoms with Crippen LogP contribution in [0.25, 0.3) is 11.4 Å². The van der Waals surface area contributed by atoms with Crippen LogP contribution in [0.15, 0.2) is 46.5 Å². The van der Waals surface area contributed by atoms with Crippen LogP contribution in [0.2, 0.25) is 0 Å². The van der Waals surface area contributed by atoms with Crippen molar-refractivity contribution < 1.29 is 4.79 Å². The van der Waals surface area contributed by atoms with E-state index in [0.717, 1.165) is 47.2 Å². The van der Waals surface area contributed by atoms with Gasteiger partial charge in [0.15, 0.2) is 11.0 Å². The molecule has 1 aliphatic rings.